The van der Waals surface area contributed by atoms with Gasteiger partial charge in [0.15, 0.2) is 0 Å². The molecule has 0 aromatic carbocycles. The summed E-state index contributed by atoms with van der Waals surface area (Å²) in [4.78, 5) is 0. The van der Waals surface area contributed by atoms with Crippen LogP contribution in [0.3, 0.4) is 0 Å². The zero-order valence-electron chi connectivity index (χ0n) is 11.8. The van der Waals surface area contributed by atoms with Crippen LogP contribution >= 0.6 is 0 Å². The van der Waals surface area contributed by atoms with Gasteiger partial charge in [0, 0.05) is 18.4 Å². The molecule has 0 aromatic heterocycles. The zero-order chi connectivity index (χ0) is 14.6. The quantitative estimate of drug-likeness (QED) is 0.627. The highest BCUT2D eigenvalue weighted by atomic mass is 19.4. The maximum absolute atomic E-state index is 12.7. The Morgan fingerprint density at radius 1 is 1.25 bits per heavy atom. The summed E-state index contributed by atoms with van der Waals surface area (Å²) in [5, 5.41) is 0. The molecule has 2 aliphatic rings. The minimum absolute atomic E-state index is 0.0226. The fourth-order valence-corrected chi connectivity index (χ4v) is 2.68. The first-order valence-electron chi connectivity index (χ1n) is 7.30. The van der Waals surface area contributed by atoms with Gasteiger partial charge >= 0.3 is 6.18 Å². The molecule has 4 heteroatoms. The predicted octanol–water partition coefficient (Wildman–Crippen LogP) is 5.45. The molecule has 0 aliphatic heterocycles. The molecule has 0 aromatic rings. The van der Waals surface area contributed by atoms with Crippen LogP contribution in [0.25, 0.3) is 0 Å². The number of hydrogen-bond acceptors (Lipinski definition) is 1. The molecule has 0 saturated heterocycles. The highest BCUT2D eigenvalue weighted by Gasteiger charge is 2.36. The highest BCUT2D eigenvalue weighted by molar-refractivity contribution is 5.19. The summed E-state index contributed by atoms with van der Waals surface area (Å²) in [6, 6.07) is 0. The van der Waals surface area contributed by atoms with Gasteiger partial charge in [-0.05, 0) is 38.2 Å². The van der Waals surface area contributed by atoms with Crippen LogP contribution in [0.2, 0.25) is 0 Å². The van der Waals surface area contributed by atoms with Crippen molar-refractivity contribution in [1.82, 2.24) is 0 Å². The van der Waals surface area contributed by atoms with E-state index < -0.39 is 11.7 Å². The largest absolute Gasteiger partial charge is 0.494 e. The normalized spacial score (nSPS) is 24.4. The number of halogens is 3. The summed E-state index contributed by atoms with van der Waals surface area (Å²) < 4.78 is 43.9. The fourth-order valence-electron chi connectivity index (χ4n) is 2.68. The molecule has 0 fully saturated rings. The van der Waals surface area contributed by atoms with E-state index in [9.17, 15) is 13.2 Å². The molecule has 0 radical (unpaired) electrons. The van der Waals surface area contributed by atoms with E-state index in [1.807, 2.05) is 6.08 Å². The molecule has 0 N–H and O–H groups in total. The van der Waals surface area contributed by atoms with Crippen LogP contribution in [0, 0.1) is 0 Å². The average Bonchev–Trinajstić information content (AvgIpc) is 2.63. The van der Waals surface area contributed by atoms with Crippen LogP contribution in [0.5, 0.6) is 0 Å². The van der Waals surface area contributed by atoms with Crippen LogP contribution in [-0.4, -0.2) is 12.3 Å². The number of rotatable bonds is 3. The molecule has 0 spiro atoms. The minimum atomic E-state index is -4.21. The smallest absolute Gasteiger partial charge is 0.412 e. The summed E-state index contributed by atoms with van der Waals surface area (Å²) in [6.45, 7) is 2.12. The van der Waals surface area contributed by atoms with Gasteiger partial charge in [0.25, 0.3) is 0 Å². The van der Waals surface area contributed by atoms with E-state index in [0.717, 1.165) is 31.4 Å². The summed E-state index contributed by atoms with van der Waals surface area (Å²) in [7, 11) is 0. The molecule has 112 valence electrons. The van der Waals surface area contributed by atoms with Crippen LogP contribution in [0.15, 0.2) is 35.1 Å². The van der Waals surface area contributed by atoms with Crippen molar-refractivity contribution in [2.75, 3.05) is 0 Å². The van der Waals surface area contributed by atoms with Crippen molar-refractivity contribution in [3.63, 3.8) is 0 Å². The fraction of sp³-hybridized carbons (Fsp3) is 0.625. The van der Waals surface area contributed by atoms with Crippen molar-refractivity contribution in [2.24, 2.45) is 0 Å². The van der Waals surface area contributed by atoms with Crippen LogP contribution in [-0.2, 0) is 4.74 Å². The molecule has 20 heavy (non-hydrogen) atoms. The van der Waals surface area contributed by atoms with E-state index in [0.29, 0.717) is 12.8 Å². The third-order valence-electron chi connectivity index (χ3n) is 3.89. The third kappa shape index (κ3) is 4.15. The van der Waals surface area contributed by atoms with E-state index in [1.54, 1.807) is 0 Å². The monoisotopic (exact) mass is 286 g/mol. The van der Waals surface area contributed by atoms with Crippen LogP contribution < -0.4 is 0 Å². The summed E-state index contributed by atoms with van der Waals surface area (Å²) in [5.74, 6) is 0.835. The predicted molar refractivity (Wildman–Crippen MR) is 73.2 cm³/mol. The second kappa shape index (κ2) is 6.51. The average molecular weight is 286 g/mol. The molecular weight excluding hydrogens is 265 g/mol. The van der Waals surface area contributed by atoms with Crippen molar-refractivity contribution >= 4 is 0 Å². The van der Waals surface area contributed by atoms with Gasteiger partial charge < -0.3 is 4.74 Å². The first-order valence-corrected chi connectivity index (χ1v) is 7.30. The number of alkyl halides is 3. The maximum atomic E-state index is 12.7. The van der Waals surface area contributed by atoms with E-state index in [1.165, 1.54) is 11.6 Å². The molecule has 2 aliphatic carbocycles. The van der Waals surface area contributed by atoms with Gasteiger partial charge in [-0.15, -0.1) is 0 Å². The number of hydrogen-bond donors (Lipinski definition) is 0. The van der Waals surface area contributed by atoms with E-state index in [2.05, 4.69) is 13.0 Å². The van der Waals surface area contributed by atoms with Crippen molar-refractivity contribution < 1.29 is 17.9 Å². The molecule has 1 nitrogen and oxygen atoms in total. The Kier molecular flexibility index (Phi) is 4.95. The summed E-state index contributed by atoms with van der Waals surface area (Å²) >= 11 is 0. The standard InChI is InChI=1S/C16H21F3O/c1-2-12-5-3-7-14(10-9-12)20-15-8-4-6-13(11-15)16(17,18)19/h6,9-10,15H,2-5,7-8,11H2,1H3. The molecule has 2 rings (SSSR count). The molecule has 0 heterocycles. The lowest BCUT2D eigenvalue weighted by molar-refractivity contribution is -0.0994. The minimum Gasteiger partial charge on any atom is -0.494 e. The Morgan fingerprint density at radius 3 is 2.75 bits per heavy atom. The topological polar surface area (TPSA) is 9.23 Å². The van der Waals surface area contributed by atoms with Crippen molar-refractivity contribution in [3.8, 4) is 0 Å². The van der Waals surface area contributed by atoms with Crippen molar-refractivity contribution in [3.05, 3.63) is 35.1 Å². The Hall–Kier alpha value is -1.19. The van der Waals surface area contributed by atoms with Crippen molar-refractivity contribution in [1.29, 1.82) is 0 Å². The maximum Gasteiger partial charge on any atom is 0.412 e. The molecule has 1 atom stereocenters. The van der Waals surface area contributed by atoms with E-state index in [4.69, 9.17) is 4.74 Å². The first kappa shape index (κ1) is 15.2. The van der Waals surface area contributed by atoms with Crippen LogP contribution in [0.1, 0.15) is 51.9 Å². The Labute approximate surface area is 118 Å². The lowest BCUT2D eigenvalue weighted by atomic mass is 9.96. The van der Waals surface area contributed by atoms with Gasteiger partial charge in [-0.1, -0.05) is 24.6 Å². The summed E-state index contributed by atoms with van der Waals surface area (Å²) in [5.41, 5.74) is 0.941. The third-order valence-corrected chi connectivity index (χ3v) is 3.89. The molecule has 0 bridgehead atoms. The highest BCUT2D eigenvalue weighted by Crippen LogP contribution is 2.35. The van der Waals surface area contributed by atoms with E-state index in [-0.39, 0.29) is 12.5 Å². The van der Waals surface area contributed by atoms with Gasteiger partial charge in [0.05, 0.1) is 5.76 Å². The van der Waals surface area contributed by atoms with Gasteiger partial charge in [-0.25, -0.2) is 0 Å². The Balaban J connectivity index is 1.96. The number of ether oxygens (including phenoxy) is 1. The second-order valence-corrected chi connectivity index (χ2v) is 5.41. The van der Waals surface area contributed by atoms with Crippen molar-refractivity contribution in [2.45, 2.75) is 64.1 Å². The van der Waals surface area contributed by atoms with Gasteiger partial charge in [-0.3, -0.25) is 0 Å². The molecule has 1 unspecified atom stereocenters. The molecule has 0 amide bonds. The van der Waals surface area contributed by atoms with E-state index >= 15 is 0 Å². The first-order chi connectivity index (χ1) is 9.49. The van der Waals surface area contributed by atoms with Gasteiger partial charge in [0.2, 0.25) is 0 Å². The summed E-state index contributed by atoms with van der Waals surface area (Å²) in [6.07, 6.45) is 5.76. The van der Waals surface area contributed by atoms with Gasteiger partial charge in [-0.2, -0.15) is 13.2 Å². The number of allylic oxidation sites excluding steroid dienone is 5. The van der Waals surface area contributed by atoms with Gasteiger partial charge in [0.1, 0.15) is 6.10 Å². The molecule has 0 saturated carbocycles. The van der Waals surface area contributed by atoms with Crippen LogP contribution in [0.4, 0.5) is 13.2 Å². The Morgan fingerprint density at radius 2 is 2.05 bits per heavy atom. The SMILES string of the molecule is CCC1=CC=C(OC2CCC=C(C(F)(F)F)C2)CCC1. The zero-order valence-corrected chi connectivity index (χ0v) is 11.8. The Bertz CT molecular complexity index is 429. The lowest BCUT2D eigenvalue weighted by Gasteiger charge is -2.26. The lowest BCUT2D eigenvalue weighted by Crippen LogP contribution is -2.23. The molecular formula is C16H21F3O. The second-order valence-electron chi connectivity index (χ2n) is 5.41.